The molecule has 0 aliphatic carbocycles. The fraction of sp³-hybridized carbons (Fsp3) is 0.579. The number of amides is 3. The number of urea groups is 1. The van der Waals surface area contributed by atoms with E-state index in [9.17, 15) is 18.0 Å². The number of carbonyl (C=O) groups excluding carboxylic acids is 2. The van der Waals surface area contributed by atoms with Gasteiger partial charge in [-0.05, 0) is 38.1 Å². The molecule has 3 amide bonds. The Morgan fingerprint density at radius 3 is 2.34 bits per heavy atom. The van der Waals surface area contributed by atoms with Crippen molar-refractivity contribution in [3.8, 4) is 0 Å². The van der Waals surface area contributed by atoms with Crippen LogP contribution in [0.5, 0.6) is 0 Å². The molecule has 1 aromatic carbocycles. The van der Waals surface area contributed by atoms with Crippen molar-refractivity contribution in [3.05, 3.63) is 29.3 Å². The lowest BCUT2D eigenvalue weighted by Crippen LogP contribution is -2.49. The first-order valence-corrected chi connectivity index (χ1v) is 11.4. The van der Waals surface area contributed by atoms with Gasteiger partial charge in [0.15, 0.2) is 0 Å². The van der Waals surface area contributed by atoms with E-state index in [4.69, 9.17) is 11.6 Å². The summed E-state index contributed by atoms with van der Waals surface area (Å²) in [7, 11) is -2.08. The molecule has 2 aliphatic rings. The van der Waals surface area contributed by atoms with Crippen molar-refractivity contribution in [1.82, 2.24) is 19.4 Å². The molecule has 10 heteroatoms. The van der Waals surface area contributed by atoms with Crippen LogP contribution in [0, 0.1) is 5.41 Å². The van der Waals surface area contributed by atoms with Crippen LogP contribution in [0.2, 0.25) is 5.02 Å². The average molecular weight is 443 g/mol. The molecule has 0 saturated carbocycles. The van der Waals surface area contributed by atoms with Gasteiger partial charge in [0.1, 0.15) is 0 Å². The van der Waals surface area contributed by atoms with E-state index in [-0.39, 0.29) is 48.9 Å². The average Bonchev–Trinajstić information content (AvgIpc) is 2.79. The van der Waals surface area contributed by atoms with Crippen LogP contribution in [0.15, 0.2) is 29.2 Å². The second kappa shape index (κ2) is 8.12. The first kappa shape index (κ1) is 21.9. The summed E-state index contributed by atoms with van der Waals surface area (Å²) >= 11 is 5.90. The molecule has 3 rings (SSSR count). The van der Waals surface area contributed by atoms with Crippen molar-refractivity contribution >= 4 is 33.6 Å². The Morgan fingerprint density at radius 1 is 1.14 bits per heavy atom. The van der Waals surface area contributed by atoms with Gasteiger partial charge in [0.2, 0.25) is 15.9 Å². The second-order valence-electron chi connectivity index (χ2n) is 8.24. The normalized spacial score (nSPS) is 23.7. The molecule has 0 radical (unpaired) electrons. The minimum atomic E-state index is -3.79. The third-order valence-corrected chi connectivity index (χ3v) is 7.44. The lowest BCUT2D eigenvalue weighted by Gasteiger charge is -2.33. The maximum atomic E-state index is 13.3. The fourth-order valence-corrected chi connectivity index (χ4v) is 5.68. The first-order valence-electron chi connectivity index (χ1n) is 9.58. The van der Waals surface area contributed by atoms with Gasteiger partial charge in [-0.2, -0.15) is 4.31 Å². The number of likely N-dealkylation sites (tertiary alicyclic amines) is 1. The third kappa shape index (κ3) is 4.67. The SMILES string of the molecule is CC(C)NC(=O)N1CCN(S(=O)(=O)c2ccc(Cl)cc2)C[C@]2(CC(=O)N(C)C2)C1. The van der Waals surface area contributed by atoms with E-state index in [1.807, 2.05) is 13.8 Å². The Morgan fingerprint density at radius 2 is 1.79 bits per heavy atom. The van der Waals surface area contributed by atoms with Crippen LogP contribution in [-0.2, 0) is 14.8 Å². The molecule has 2 aliphatic heterocycles. The smallest absolute Gasteiger partial charge is 0.317 e. The van der Waals surface area contributed by atoms with E-state index in [0.29, 0.717) is 18.1 Å². The standard InChI is InChI=1S/C19H27ClN4O4S/c1-14(2)21-18(26)23-8-9-24(13-19(12-23)10-17(25)22(3)11-19)29(27,28)16-6-4-15(20)5-7-16/h4-7,14H,8-13H2,1-3H3,(H,21,26)/t19-/m0/s1. The van der Waals surface area contributed by atoms with E-state index in [1.165, 1.54) is 28.6 Å². The van der Waals surface area contributed by atoms with Gasteiger partial charge in [-0.3, -0.25) is 4.79 Å². The fourth-order valence-electron chi connectivity index (χ4n) is 4.01. The number of sulfonamides is 1. The number of rotatable bonds is 3. The molecular formula is C19H27ClN4O4S. The van der Waals surface area contributed by atoms with Gasteiger partial charge in [-0.15, -0.1) is 0 Å². The van der Waals surface area contributed by atoms with Crippen molar-refractivity contribution in [2.24, 2.45) is 5.41 Å². The highest BCUT2D eigenvalue weighted by atomic mass is 35.5. The number of hydrogen-bond acceptors (Lipinski definition) is 4. The van der Waals surface area contributed by atoms with Crippen LogP contribution >= 0.6 is 11.6 Å². The Labute approximate surface area is 176 Å². The molecule has 2 saturated heterocycles. The lowest BCUT2D eigenvalue weighted by atomic mass is 9.86. The molecule has 0 bridgehead atoms. The molecule has 1 aromatic rings. The van der Waals surface area contributed by atoms with E-state index >= 15 is 0 Å². The van der Waals surface area contributed by atoms with E-state index in [2.05, 4.69) is 5.32 Å². The highest BCUT2D eigenvalue weighted by Gasteiger charge is 2.48. The summed E-state index contributed by atoms with van der Waals surface area (Å²) in [5, 5.41) is 3.32. The number of nitrogens with zero attached hydrogens (tertiary/aromatic N) is 3. The first-order chi connectivity index (χ1) is 13.5. The number of hydrogen-bond donors (Lipinski definition) is 1. The van der Waals surface area contributed by atoms with Gasteiger partial charge in [0, 0.05) is 62.7 Å². The van der Waals surface area contributed by atoms with E-state index in [1.54, 1.807) is 16.8 Å². The monoisotopic (exact) mass is 442 g/mol. The Kier molecular flexibility index (Phi) is 6.12. The summed E-state index contributed by atoms with van der Waals surface area (Å²) < 4.78 is 27.9. The van der Waals surface area contributed by atoms with Crippen LogP contribution in [0.4, 0.5) is 4.79 Å². The van der Waals surface area contributed by atoms with Crippen LogP contribution < -0.4 is 5.32 Å². The summed E-state index contributed by atoms with van der Waals surface area (Å²) in [5.41, 5.74) is -0.643. The predicted molar refractivity (Wildman–Crippen MR) is 110 cm³/mol. The van der Waals surface area contributed by atoms with Gasteiger partial charge in [-0.25, -0.2) is 13.2 Å². The Bertz CT molecular complexity index is 890. The van der Waals surface area contributed by atoms with Crippen molar-refractivity contribution in [1.29, 1.82) is 0 Å². The third-order valence-electron chi connectivity index (χ3n) is 5.33. The number of halogens is 1. The van der Waals surface area contributed by atoms with Crippen molar-refractivity contribution in [2.45, 2.75) is 31.2 Å². The predicted octanol–water partition coefficient (Wildman–Crippen LogP) is 1.61. The van der Waals surface area contributed by atoms with Crippen LogP contribution in [0.3, 0.4) is 0 Å². The molecule has 2 fully saturated rings. The van der Waals surface area contributed by atoms with Gasteiger partial charge < -0.3 is 15.1 Å². The van der Waals surface area contributed by atoms with Gasteiger partial charge in [0.05, 0.1) is 4.90 Å². The molecule has 1 N–H and O–H groups in total. The Hall–Kier alpha value is -1.84. The zero-order valence-electron chi connectivity index (χ0n) is 16.9. The molecule has 0 aromatic heterocycles. The Balaban J connectivity index is 1.93. The molecule has 1 atom stereocenters. The minimum absolute atomic E-state index is 0.0384. The highest BCUT2D eigenvalue weighted by molar-refractivity contribution is 7.89. The summed E-state index contributed by atoms with van der Waals surface area (Å²) in [5.74, 6) is -0.0417. The summed E-state index contributed by atoms with van der Waals surface area (Å²) in [6, 6.07) is 5.75. The van der Waals surface area contributed by atoms with Crippen LogP contribution in [0.1, 0.15) is 20.3 Å². The lowest BCUT2D eigenvalue weighted by molar-refractivity contribution is -0.126. The van der Waals surface area contributed by atoms with E-state index < -0.39 is 15.4 Å². The van der Waals surface area contributed by atoms with Crippen molar-refractivity contribution < 1.29 is 18.0 Å². The number of benzene rings is 1. The minimum Gasteiger partial charge on any atom is -0.345 e. The summed E-state index contributed by atoms with van der Waals surface area (Å²) in [4.78, 5) is 28.3. The highest BCUT2D eigenvalue weighted by Crippen LogP contribution is 2.36. The van der Waals surface area contributed by atoms with Gasteiger partial charge >= 0.3 is 6.03 Å². The largest absolute Gasteiger partial charge is 0.345 e. The quantitative estimate of drug-likeness (QED) is 0.770. The molecule has 8 nitrogen and oxygen atoms in total. The van der Waals surface area contributed by atoms with Gasteiger partial charge in [0.25, 0.3) is 0 Å². The van der Waals surface area contributed by atoms with Crippen LogP contribution in [0.25, 0.3) is 0 Å². The zero-order valence-corrected chi connectivity index (χ0v) is 18.5. The maximum absolute atomic E-state index is 13.3. The number of carbonyl (C=O) groups is 2. The zero-order chi connectivity index (χ0) is 21.4. The van der Waals surface area contributed by atoms with Gasteiger partial charge in [-0.1, -0.05) is 11.6 Å². The molecule has 160 valence electrons. The maximum Gasteiger partial charge on any atom is 0.317 e. The molecular weight excluding hydrogens is 416 g/mol. The molecule has 0 unspecified atom stereocenters. The summed E-state index contributed by atoms with van der Waals surface area (Å²) in [6.07, 6.45) is 0.210. The molecule has 2 heterocycles. The van der Waals surface area contributed by atoms with Crippen molar-refractivity contribution in [3.63, 3.8) is 0 Å². The molecule has 1 spiro atoms. The molecule has 29 heavy (non-hydrogen) atoms. The van der Waals surface area contributed by atoms with E-state index in [0.717, 1.165) is 0 Å². The van der Waals surface area contributed by atoms with Crippen LogP contribution in [-0.4, -0.2) is 80.3 Å². The number of nitrogens with one attached hydrogen (secondary N) is 1. The van der Waals surface area contributed by atoms with Crippen molar-refractivity contribution in [2.75, 3.05) is 39.8 Å². The topological polar surface area (TPSA) is 90.0 Å². The summed E-state index contributed by atoms with van der Waals surface area (Å²) in [6.45, 7) is 5.07. The second-order valence-corrected chi connectivity index (χ2v) is 10.6.